The maximum absolute atomic E-state index is 12.0. The second kappa shape index (κ2) is 12.1. The highest BCUT2D eigenvalue weighted by molar-refractivity contribution is 5.76. The van der Waals surface area contributed by atoms with Crippen LogP contribution in [-0.4, -0.2) is 23.9 Å². The number of carbonyl (C=O) groups excluding carboxylic acids is 1. The summed E-state index contributed by atoms with van der Waals surface area (Å²) in [5.41, 5.74) is 0. The summed E-state index contributed by atoms with van der Waals surface area (Å²) >= 11 is 0. The molecule has 0 bridgehead atoms. The zero-order valence-electron chi connectivity index (χ0n) is 14.5. The third kappa shape index (κ3) is 9.16. The number of hydrogen-bond donors (Lipinski definition) is 0. The second-order valence-corrected chi connectivity index (χ2v) is 7.01. The van der Waals surface area contributed by atoms with Crippen molar-refractivity contribution in [2.75, 3.05) is 13.1 Å². The SMILES string of the molecule is CCCCCCCCCCCC(C)CC(=O)N1CCCC1. The Morgan fingerprint density at radius 2 is 1.43 bits per heavy atom. The van der Waals surface area contributed by atoms with E-state index < -0.39 is 0 Å². The van der Waals surface area contributed by atoms with Gasteiger partial charge in [0.15, 0.2) is 0 Å². The van der Waals surface area contributed by atoms with Gasteiger partial charge in [-0.2, -0.15) is 0 Å². The molecule has 0 aromatic heterocycles. The lowest BCUT2D eigenvalue weighted by atomic mass is 9.98. The van der Waals surface area contributed by atoms with Gasteiger partial charge in [-0.1, -0.05) is 78.1 Å². The molecule has 2 nitrogen and oxygen atoms in total. The van der Waals surface area contributed by atoms with Crippen LogP contribution in [0.4, 0.5) is 0 Å². The van der Waals surface area contributed by atoms with Crippen molar-refractivity contribution >= 4 is 5.91 Å². The molecule has 1 rings (SSSR count). The van der Waals surface area contributed by atoms with Crippen molar-refractivity contribution in [2.24, 2.45) is 5.92 Å². The van der Waals surface area contributed by atoms with Crippen LogP contribution in [0.3, 0.4) is 0 Å². The molecule has 1 atom stereocenters. The molecule has 1 amide bonds. The zero-order chi connectivity index (χ0) is 15.3. The Kier molecular flexibility index (Phi) is 10.6. The molecule has 2 heteroatoms. The van der Waals surface area contributed by atoms with Crippen LogP contribution in [0.15, 0.2) is 0 Å². The van der Waals surface area contributed by atoms with Crippen molar-refractivity contribution in [1.29, 1.82) is 0 Å². The normalized spacial score (nSPS) is 16.4. The molecule has 1 aliphatic rings. The monoisotopic (exact) mass is 295 g/mol. The first-order valence-corrected chi connectivity index (χ1v) is 9.51. The largest absolute Gasteiger partial charge is 0.343 e. The van der Waals surface area contributed by atoms with Gasteiger partial charge in [0.1, 0.15) is 0 Å². The number of nitrogens with zero attached hydrogens (tertiary/aromatic N) is 1. The van der Waals surface area contributed by atoms with E-state index in [-0.39, 0.29) is 0 Å². The van der Waals surface area contributed by atoms with E-state index in [1.54, 1.807) is 0 Å². The van der Waals surface area contributed by atoms with E-state index in [1.807, 2.05) is 0 Å². The summed E-state index contributed by atoms with van der Waals surface area (Å²) in [5, 5.41) is 0. The second-order valence-electron chi connectivity index (χ2n) is 7.01. The van der Waals surface area contributed by atoms with Crippen LogP contribution in [0, 0.1) is 5.92 Å². The predicted octanol–water partition coefficient (Wildman–Crippen LogP) is 5.56. The minimum absolute atomic E-state index is 0.399. The molecule has 0 aromatic carbocycles. The molecular formula is C19H37NO. The minimum atomic E-state index is 0.399. The van der Waals surface area contributed by atoms with Gasteiger partial charge in [0.25, 0.3) is 0 Å². The Morgan fingerprint density at radius 1 is 0.905 bits per heavy atom. The summed E-state index contributed by atoms with van der Waals surface area (Å²) in [6.45, 7) is 6.53. The van der Waals surface area contributed by atoms with E-state index in [9.17, 15) is 4.79 Å². The van der Waals surface area contributed by atoms with E-state index >= 15 is 0 Å². The number of hydrogen-bond acceptors (Lipinski definition) is 1. The lowest BCUT2D eigenvalue weighted by Gasteiger charge is -2.18. The fourth-order valence-electron chi connectivity index (χ4n) is 3.30. The standard InChI is InChI=1S/C19H37NO/c1-3-4-5-6-7-8-9-10-11-14-18(2)17-19(21)20-15-12-13-16-20/h18H,3-17H2,1-2H3. The summed E-state index contributed by atoms with van der Waals surface area (Å²) in [7, 11) is 0. The molecule has 0 saturated carbocycles. The van der Waals surface area contributed by atoms with Crippen LogP contribution < -0.4 is 0 Å². The first-order chi connectivity index (χ1) is 10.2. The number of carbonyl (C=O) groups is 1. The van der Waals surface area contributed by atoms with Gasteiger partial charge in [-0.3, -0.25) is 4.79 Å². The van der Waals surface area contributed by atoms with Gasteiger partial charge < -0.3 is 4.90 Å². The Balaban J connectivity index is 1.88. The van der Waals surface area contributed by atoms with Crippen molar-refractivity contribution in [3.05, 3.63) is 0 Å². The molecule has 0 spiro atoms. The van der Waals surface area contributed by atoms with Crippen LogP contribution in [0.2, 0.25) is 0 Å². The summed E-state index contributed by atoms with van der Waals surface area (Å²) in [5.74, 6) is 0.971. The molecule has 0 radical (unpaired) electrons. The van der Waals surface area contributed by atoms with Gasteiger partial charge in [0, 0.05) is 19.5 Å². The molecule has 21 heavy (non-hydrogen) atoms. The van der Waals surface area contributed by atoms with E-state index in [4.69, 9.17) is 0 Å². The molecule has 0 aliphatic carbocycles. The molecule has 1 heterocycles. The van der Waals surface area contributed by atoms with Crippen molar-refractivity contribution in [1.82, 2.24) is 4.90 Å². The molecule has 124 valence electrons. The fourth-order valence-corrected chi connectivity index (χ4v) is 3.30. The van der Waals surface area contributed by atoms with E-state index in [1.165, 1.54) is 77.0 Å². The van der Waals surface area contributed by atoms with Gasteiger partial charge in [-0.15, -0.1) is 0 Å². The maximum Gasteiger partial charge on any atom is 0.222 e. The van der Waals surface area contributed by atoms with Crippen molar-refractivity contribution in [2.45, 2.75) is 97.3 Å². The van der Waals surface area contributed by atoms with Gasteiger partial charge in [-0.25, -0.2) is 0 Å². The third-order valence-electron chi connectivity index (χ3n) is 4.78. The lowest BCUT2D eigenvalue weighted by Crippen LogP contribution is -2.28. The Morgan fingerprint density at radius 3 is 2.00 bits per heavy atom. The van der Waals surface area contributed by atoms with Crippen LogP contribution >= 0.6 is 0 Å². The summed E-state index contributed by atoms with van der Waals surface area (Å²) < 4.78 is 0. The minimum Gasteiger partial charge on any atom is -0.343 e. The van der Waals surface area contributed by atoms with E-state index in [2.05, 4.69) is 18.7 Å². The van der Waals surface area contributed by atoms with Crippen molar-refractivity contribution in [3.63, 3.8) is 0 Å². The molecule has 1 saturated heterocycles. The van der Waals surface area contributed by atoms with Crippen molar-refractivity contribution < 1.29 is 4.79 Å². The van der Waals surface area contributed by atoms with E-state index in [0.29, 0.717) is 11.8 Å². The highest BCUT2D eigenvalue weighted by Gasteiger charge is 2.19. The average Bonchev–Trinajstić information content (AvgIpc) is 3.00. The summed E-state index contributed by atoms with van der Waals surface area (Å²) in [6.07, 6.45) is 16.9. The molecule has 1 fully saturated rings. The molecule has 0 N–H and O–H groups in total. The first-order valence-electron chi connectivity index (χ1n) is 9.51. The molecule has 0 aromatic rings. The highest BCUT2D eigenvalue weighted by Crippen LogP contribution is 2.18. The number of likely N-dealkylation sites (tertiary alicyclic amines) is 1. The lowest BCUT2D eigenvalue weighted by molar-refractivity contribution is -0.131. The third-order valence-corrected chi connectivity index (χ3v) is 4.78. The topological polar surface area (TPSA) is 20.3 Å². The van der Waals surface area contributed by atoms with Crippen LogP contribution in [-0.2, 0) is 4.79 Å². The number of amides is 1. The van der Waals surface area contributed by atoms with E-state index in [0.717, 1.165) is 19.5 Å². The Hall–Kier alpha value is -0.530. The van der Waals surface area contributed by atoms with Gasteiger partial charge in [0.2, 0.25) is 5.91 Å². The number of rotatable bonds is 12. The molecule has 1 aliphatic heterocycles. The quantitative estimate of drug-likeness (QED) is 0.432. The molecular weight excluding hydrogens is 258 g/mol. The number of unbranched alkanes of at least 4 members (excludes halogenated alkanes) is 8. The van der Waals surface area contributed by atoms with Crippen molar-refractivity contribution in [3.8, 4) is 0 Å². The van der Waals surface area contributed by atoms with Crippen LogP contribution in [0.1, 0.15) is 97.3 Å². The van der Waals surface area contributed by atoms with Gasteiger partial charge >= 0.3 is 0 Å². The molecule has 1 unspecified atom stereocenters. The average molecular weight is 296 g/mol. The fraction of sp³-hybridized carbons (Fsp3) is 0.947. The Bertz CT molecular complexity index is 258. The Labute approximate surface area is 132 Å². The first kappa shape index (κ1) is 18.5. The van der Waals surface area contributed by atoms with Crippen LogP contribution in [0.25, 0.3) is 0 Å². The van der Waals surface area contributed by atoms with Crippen LogP contribution in [0.5, 0.6) is 0 Å². The van der Waals surface area contributed by atoms with Gasteiger partial charge in [0.05, 0.1) is 0 Å². The van der Waals surface area contributed by atoms with Gasteiger partial charge in [-0.05, 0) is 18.8 Å². The predicted molar refractivity (Wildman–Crippen MR) is 91.4 cm³/mol. The smallest absolute Gasteiger partial charge is 0.222 e. The summed E-state index contributed by atoms with van der Waals surface area (Å²) in [4.78, 5) is 14.1. The zero-order valence-corrected chi connectivity index (χ0v) is 14.5. The highest BCUT2D eigenvalue weighted by atomic mass is 16.2. The maximum atomic E-state index is 12.0. The summed E-state index contributed by atoms with van der Waals surface area (Å²) in [6, 6.07) is 0.